The molecule has 1 N–H and O–H groups in total. The molecule has 2 aromatic carbocycles. The van der Waals surface area contributed by atoms with Crippen LogP contribution in [0.5, 0.6) is 5.75 Å². The molecule has 1 aliphatic rings. The maximum Gasteiger partial charge on any atom is 0.131 e. The zero-order valence-electron chi connectivity index (χ0n) is 13.2. The molecule has 0 amide bonds. The monoisotopic (exact) mass is 328 g/mol. The number of rotatable bonds is 4. The first-order valence-electron chi connectivity index (χ1n) is 7.99. The van der Waals surface area contributed by atoms with Crippen LogP contribution in [0.2, 0.25) is 0 Å². The summed E-state index contributed by atoms with van der Waals surface area (Å²) in [6.07, 6.45) is 1.70. The lowest BCUT2D eigenvalue weighted by Crippen LogP contribution is -2.27. The van der Waals surface area contributed by atoms with Gasteiger partial charge in [-0.05, 0) is 56.1 Å². The predicted octanol–water partition coefficient (Wildman–Crippen LogP) is 3.88. The molecule has 0 spiro atoms. The molecule has 124 valence electrons. The minimum absolute atomic E-state index is 0.00103. The van der Waals surface area contributed by atoms with E-state index < -0.39 is 5.82 Å². The van der Waals surface area contributed by atoms with Crippen LogP contribution in [0.4, 0.5) is 8.78 Å². The van der Waals surface area contributed by atoms with Crippen molar-refractivity contribution in [3.05, 3.63) is 64.7 Å². The molecule has 0 unspecified atom stereocenters. The van der Waals surface area contributed by atoms with Gasteiger partial charge in [0.2, 0.25) is 0 Å². The summed E-state index contributed by atoms with van der Waals surface area (Å²) in [6.45, 7) is 1.70. The zero-order chi connectivity index (χ0) is 16.9. The summed E-state index contributed by atoms with van der Waals surface area (Å²) in [5, 5.41) is 12.0. The molecule has 1 aliphatic heterocycles. The number of halogens is 2. The summed E-state index contributed by atoms with van der Waals surface area (Å²) in [7, 11) is 0. The number of piperidine rings is 1. The molecule has 0 saturated carbocycles. The van der Waals surface area contributed by atoms with Crippen LogP contribution in [0.3, 0.4) is 0 Å². The number of hydrogen-bond donors (Lipinski definition) is 1. The van der Waals surface area contributed by atoms with Crippen molar-refractivity contribution >= 4 is 0 Å². The van der Waals surface area contributed by atoms with Gasteiger partial charge in [0.1, 0.15) is 24.0 Å². The second-order valence-corrected chi connectivity index (χ2v) is 5.88. The van der Waals surface area contributed by atoms with Gasteiger partial charge in [0.25, 0.3) is 0 Å². The molecular weight excluding hydrogens is 310 g/mol. The summed E-state index contributed by atoms with van der Waals surface area (Å²) < 4.78 is 34.0. The maximum atomic E-state index is 14.3. The average molecular weight is 328 g/mol. The van der Waals surface area contributed by atoms with Gasteiger partial charge in [-0.2, -0.15) is 5.26 Å². The Labute approximate surface area is 139 Å². The Morgan fingerprint density at radius 3 is 2.62 bits per heavy atom. The van der Waals surface area contributed by atoms with E-state index >= 15 is 0 Å². The first-order chi connectivity index (χ1) is 11.7. The molecule has 2 aromatic rings. The highest BCUT2D eigenvalue weighted by atomic mass is 19.1. The molecule has 0 aromatic heterocycles. The van der Waals surface area contributed by atoms with Gasteiger partial charge in [-0.25, -0.2) is 8.78 Å². The van der Waals surface area contributed by atoms with Crippen LogP contribution < -0.4 is 10.1 Å². The van der Waals surface area contributed by atoms with E-state index in [0.29, 0.717) is 16.9 Å². The van der Waals surface area contributed by atoms with Crippen LogP contribution in [0.15, 0.2) is 36.4 Å². The molecule has 1 saturated heterocycles. The van der Waals surface area contributed by atoms with Gasteiger partial charge in [0.15, 0.2) is 0 Å². The minimum atomic E-state index is -0.492. The number of hydrogen-bond acceptors (Lipinski definition) is 3. The Hall–Kier alpha value is -2.45. The van der Waals surface area contributed by atoms with Gasteiger partial charge in [-0.15, -0.1) is 0 Å². The van der Waals surface area contributed by atoms with Crippen LogP contribution in [-0.4, -0.2) is 13.1 Å². The van der Waals surface area contributed by atoms with Crippen molar-refractivity contribution in [3.8, 4) is 11.8 Å². The zero-order valence-corrected chi connectivity index (χ0v) is 13.2. The molecule has 3 nitrogen and oxygen atoms in total. The van der Waals surface area contributed by atoms with Gasteiger partial charge in [-0.1, -0.05) is 12.1 Å². The Bertz CT molecular complexity index is 764. The SMILES string of the molecule is N#Cc1ccc(COc2cccc(F)c2C2CCNCC2)c(F)c1. The Morgan fingerprint density at radius 1 is 1.12 bits per heavy atom. The van der Waals surface area contributed by atoms with Crippen molar-refractivity contribution in [1.82, 2.24) is 5.32 Å². The first kappa shape index (κ1) is 16.4. The molecule has 0 bridgehead atoms. The quantitative estimate of drug-likeness (QED) is 0.926. The van der Waals surface area contributed by atoms with Crippen molar-refractivity contribution < 1.29 is 13.5 Å². The third-order valence-corrected chi connectivity index (χ3v) is 4.33. The van der Waals surface area contributed by atoms with E-state index in [1.807, 2.05) is 6.07 Å². The largest absolute Gasteiger partial charge is 0.488 e. The number of nitrogens with zero attached hydrogens (tertiary/aromatic N) is 1. The highest BCUT2D eigenvalue weighted by Gasteiger charge is 2.22. The number of nitriles is 1. The van der Waals surface area contributed by atoms with E-state index in [0.717, 1.165) is 25.9 Å². The van der Waals surface area contributed by atoms with E-state index in [1.54, 1.807) is 18.2 Å². The minimum Gasteiger partial charge on any atom is -0.488 e. The lowest BCUT2D eigenvalue weighted by molar-refractivity contribution is 0.289. The summed E-state index contributed by atoms with van der Waals surface area (Å²) in [4.78, 5) is 0. The van der Waals surface area contributed by atoms with E-state index in [-0.39, 0.29) is 23.9 Å². The van der Waals surface area contributed by atoms with Gasteiger partial charge in [0.05, 0.1) is 11.6 Å². The maximum absolute atomic E-state index is 14.3. The highest BCUT2D eigenvalue weighted by Crippen LogP contribution is 2.35. The number of benzene rings is 2. The topological polar surface area (TPSA) is 45.0 Å². The van der Waals surface area contributed by atoms with E-state index in [2.05, 4.69) is 5.32 Å². The molecule has 0 aliphatic carbocycles. The van der Waals surface area contributed by atoms with Gasteiger partial charge in [0, 0.05) is 11.1 Å². The van der Waals surface area contributed by atoms with Crippen LogP contribution in [0.25, 0.3) is 0 Å². The van der Waals surface area contributed by atoms with Crippen LogP contribution >= 0.6 is 0 Å². The average Bonchev–Trinajstić information content (AvgIpc) is 2.61. The molecule has 24 heavy (non-hydrogen) atoms. The molecule has 1 heterocycles. The number of nitrogens with one attached hydrogen (secondary N) is 1. The third kappa shape index (κ3) is 3.55. The second-order valence-electron chi connectivity index (χ2n) is 5.88. The summed E-state index contributed by atoms with van der Waals surface area (Å²) >= 11 is 0. The first-order valence-corrected chi connectivity index (χ1v) is 7.99. The van der Waals surface area contributed by atoms with Gasteiger partial charge >= 0.3 is 0 Å². The smallest absolute Gasteiger partial charge is 0.131 e. The molecule has 0 atom stereocenters. The van der Waals surface area contributed by atoms with Crippen molar-refractivity contribution in [2.45, 2.75) is 25.4 Å². The Morgan fingerprint density at radius 2 is 1.92 bits per heavy atom. The van der Waals surface area contributed by atoms with Crippen molar-refractivity contribution in [3.63, 3.8) is 0 Å². The predicted molar refractivity (Wildman–Crippen MR) is 86.7 cm³/mol. The normalized spacial score (nSPS) is 15.0. The van der Waals surface area contributed by atoms with E-state index in [4.69, 9.17) is 10.00 Å². The molecule has 5 heteroatoms. The molecule has 3 rings (SSSR count). The van der Waals surface area contributed by atoms with Crippen LogP contribution in [0, 0.1) is 23.0 Å². The Balaban J connectivity index is 1.80. The Kier molecular flexibility index (Phi) is 5.07. The number of ether oxygens (including phenoxy) is 1. The van der Waals surface area contributed by atoms with Crippen molar-refractivity contribution in [1.29, 1.82) is 5.26 Å². The van der Waals surface area contributed by atoms with Crippen molar-refractivity contribution in [2.75, 3.05) is 13.1 Å². The summed E-state index contributed by atoms with van der Waals surface area (Å²) in [5.74, 6) is -0.201. The standard InChI is InChI=1S/C19H18F2N2O/c20-16-2-1-3-18(19(16)14-6-8-23-9-7-14)24-12-15-5-4-13(11-22)10-17(15)21/h1-5,10,14,23H,6-9,12H2. The van der Waals surface area contributed by atoms with Gasteiger partial charge < -0.3 is 10.1 Å². The third-order valence-electron chi connectivity index (χ3n) is 4.33. The van der Waals surface area contributed by atoms with E-state index in [9.17, 15) is 8.78 Å². The van der Waals surface area contributed by atoms with Crippen LogP contribution in [-0.2, 0) is 6.61 Å². The fourth-order valence-electron chi connectivity index (χ4n) is 3.04. The lowest BCUT2D eigenvalue weighted by atomic mass is 9.89. The van der Waals surface area contributed by atoms with E-state index in [1.165, 1.54) is 18.2 Å². The van der Waals surface area contributed by atoms with Gasteiger partial charge in [-0.3, -0.25) is 0 Å². The fourth-order valence-corrected chi connectivity index (χ4v) is 3.04. The molecular formula is C19H18F2N2O. The summed E-state index contributed by atoms with van der Waals surface area (Å²) in [5.41, 5.74) is 1.18. The molecule has 0 radical (unpaired) electrons. The lowest BCUT2D eigenvalue weighted by Gasteiger charge is -2.25. The second kappa shape index (κ2) is 7.41. The molecule has 1 fully saturated rings. The van der Waals surface area contributed by atoms with Crippen molar-refractivity contribution in [2.24, 2.45) is 0 Å². The summed E-state index contributed by atoms with van der Waals surface area (Å²) in [6, 6.07) is 10.9. The van der Waals surface area contributed by atoms with Crippen LogP contribution in [0.1, 0.15) is 35.4 Å². The fraction of sp³-hybridized carbons (Fsp3) is 0.316. The highest BCUT2D eigenvalue weighted by molar-refractivity contribution is 5.38.